The van der Waals surface area contributed by atoms with E-state index in [0.29, 0.717) is 6.42 Å². The summed E-state index contributed by atoms with van der Waals surface area (Å²) in [6.45, 7) is 6.32. The SMILES string of the molecule is CCCCCCOC(=O)CC(C(=O)OCC(CC)CCCC)S(=O)(=O)O. The molecule has 0 aliphatic rings. The van der Waals surface area contributed by atoms with Crippen molar-refractivity contribution in [2.24, 2.45) is 5.92 Å². The van der Waals surface area contributed by atoms with Crippen LogP contribution in [-0.4, -0.2) is 43.4 Å². The largest absolute Gasteiger partial charge is 0.466 e. The van der Waals surface area contributed by atoms with E-state index < -0.39 is 33.7 Å². The molecule has 0 amide bonds. The fourth-order valence-electron chi connectivity index (χ4n) is 2.43. The zero-order valence-electron chi connectivity index (χ0n) is 16.2. The minimum absolute atomic E-state index is 0.0768. The summed E-state index contributed by atoms with van der Waals surface area (Å²) in [5.74, 6) is -1.81. The van der Waals surface area contributed by atoms with Gasteiger partial charge >= 0.3 is 11.9 Å². The quantitative estimate of drug-likeness (QED) is 0.257. The summed E-state index contributed by atoms with van der Waals surface area (Å²) in [5, 5.41) is -1.94. The lowest BCUT2D eigenvalue weighted by molar-refractivity contribution is -0.150. The molecule has 0 spiro atoms. The van der Waals surface area contributed by atoms with Crippen molar-refractivity contribution >= 4 is 22.1 Å². The molecule has 0 aliphatic carbocycles. The second-order valence-electron chi connectivity index (χ2n) is 6.54. The summed E-state index contributed by atoms with van der Waals surface area (Å²) in [5.41, 5.74) is 0. The zero-order valence-corrected chi connectivity index (χ0v) is 17.1. The highest BCUT2D eigenvalue weighted by atomic mass is 32.2. The summed E-state index contributed by atoms with van der Waals surface area (Å²) >= 11 is 0. The van der Waals surface area contributed by atoms with Crippen LogP contribution >= 0.6 is 0 Å². The van der Waals surface area contributed by atoms with Crippen LogP contribution in [0.3, 0.4) is 0 Å². The van der Waals surface area contributed by atoms with Crippen molar-refractivity contribution in [3.8, 4) is 0 Å². The van der Waals surface area contributed by atoms with Gasteiger partial charge in [-0.05, 0) is 18.8 Å². The van der Waals surface area contributed by atoms with E-state index in [1.54, 1.807) is 0 Å². The van der Waals surface area contributed by atoms with Crippen molar-refractivity contribution in [3.05, 3.63) is 0 Å². The normalized spacial score (nSPS) is 13.8. The maximum Gasteiger partial charge on any atom is 0.327 e. The van der Waals surface area contributed by atoms with Crippen LogP contribution in [0.15, 0.2) is 0 Å². The molecule has 8 heteroatoms. The lowest BCUT2D eigenvalue weighted by Crippen LogP contribution is -2.35. The first kappa shape index (κ1) is 24.8. The minimum atomic E-state index is -4.75. The van der Waals surface area contributed by atoms with Crippen LogP contribution in [0.4, 0.5) is 0 Å². The van der Waals surface area contributed by atoms with E-state index in [-0.39, 0.29) is 19.1 Å². The van der Waals surface area contributed by atoms with Gasteiger partial charge in [0.2, 0.25) is 0 Å². The number of carbonyl (C=O) groups excluding carboxylic acids is 2. The molecule has 0 bridgehead atoms. The number of rotatable bonds is 15. The Kier molecular flexibility index (Phi) is 13.4. The topological polar surface area (TPSA) is 107 Å². The lowest BCUT2D eigenvalue weighted by Gasteiger charge is -2.17. The third-order valence-corrected chi connectivity index (χ3v) is 5.32. The van der Waals surface area contributed by atoms with E-state index in [2.05, 4.69) is 13.8 Å². The molecule has 0 aliphatic heterocycles. The van der Waals surface area contributed by atoms with Gasteiger partial charge in [-0.3, -0.25) is 14.1 Å². The number of hydrogen-bond acceptors (Lipinski definition) is 6. The van der Waals surface area contributed by atoms with E-state index in [0.717, 1.165) is 44.9 Å². The van der Waals surface area contributed by atoms with Gasteiger partial charge in [-0.2, -0.15) is 8.42 Å². The molecule has 0 radical (unpaired) electrons. The van der Waals surface area contributed by atoms with Crippen molar-refractivity contribution in [1.82, 2.24) is 0 Å². The average Bonchev–Trinajstić information content (AvgIpc) is 2.58. The van der Waals surface area contributed by atoms with E-state index in [1.807, 2.05) is 6.92 Å². The molecule has 0 aromatic heterocycles. The smallest absolute Gasteiger partial charge is 0.327 e. The summed E-state index contributed by atoms with van der Waals surface area (Å²) in [7, 11) is -4.75. The molecule has 154 valence electrons. The van der Waals surface area contributed by atoms with E-state index in [4.69, 9.17) is 9.47 Å². The molecular formula is C18H34O7S. The zero-order chi connectivity index (χ0) is 20.0. The number of esters is 2. The first-order chi connectivity index (χ1) is 12.3. The van der Waals surface area contributed by atoms with Crippen molar-refractivity contribution in [1.29, 1.82) is 0 Å². The second kappa shape index (κ2) is 14.0. The van der Waals surface area contributed by atoms with Gasteiger partial charge in [0.25, 0.3) is 10.1 Å². The summed E-state index contributed by atoms with van der Waals surface area (Å²) in [6, 6.07) is 0. The number of unbranched alkanes of at least 4 members (excludes halogenated alkanes) is 4. The average molecular weight is 395 g/mol. The first-order valence-electron chi connectivity index (χ1n) is 9.54. The van der Waals surface area contributed by atoms with Crippen molar-refractivity contribution in [2.45, 2.75) is 83.8 Å². The second-order valence-corrected chi connectivity index (χ2v) is 8.13. The third kappa shape index (κ3) is 11.5. The first-order valence-corrected chi connectivity index (χ1v) is 11.0. The van der Waals surface area contributed by atoms with Crippen LogP contribution in [-0.2, 0) is 29.2 Å². The van der Waals surface area contributed by atoms with Crippen molar-refractivity contribution < 1.29 is 32.0 Å². The molecule has 0 aromatic rings. The molecular weight excluding hydrogens is 360 g/mol. The highest BCUT2D eigenvalue weighted by Crippen LogP contribution is 2.15. The summed E-state index contributed by atoms with van der Waals surface area (Å²) in [6.07, 6.45) is 6.58. The van der Waals surface area contributed by atoms with Gasteiger partial charge in [-0.1, -0.05) is 59.3 Å². The molecule has 0 rings (SSSR count). The van der Waals surface area contributed by atoms with Gasteiger partial charge in [0, 0.05) is 0 Å². The molecule has 7 nitrogen and oxygen atoms in total. The van der Waals surface area contributed by atoms with Crippen LogP contribution < -0.4 is 0 Å². The Morgan fingerprint density at radius 2 is 1.62 bits per heavy atom. The molecule has 1 N–H and O–H groups in total. The van der Waals surface area contributed by atoms with Crippen LogP contribution in [0.25, 0.3) is 0 Å². The van der Waals surface area contributed by atoms with Crippen LogP contribution in [0, 0.1) is 5.92 Å². The Morgan fingerprint density at radius 1 is 0.962 bits per heavy atom. The van der Waals surface area contributed by atoms with Crippen molar-refractivity contribution in [2.75, 3.05) is 13.2 Å². The predicted molar refractivity (Wildman–Crippen MR) is 99.3 cm³/mol. The summed E-state index contributed by atoms with van der Waals surface area (Å²) < 4.78 is 42.2. The number of hydrogen-bond donors (Lipinski definition) is 1. The van der Waals surface area contributed by atoms with Gasteiger partial charge in [0.1, 0.15) is 0 Å². The molecule has 0 saturated carbocycles. The number of ether oxygens (including phenoxy) is 2. The molecule has 0 heterocycles. The molecule has 26 heavy (non-hydrogen) atoms. The standard InChI is InChI=1S/C18H34O7S/c1-4-7-9-10-12-24-17(19)13-16(26(21,22)23)18(20)25-14-15(6-3)11-8-5-2/h15-16H,4-14H2,1-3H3,(H,21,22,23). The van der Waals surface area contributed by atoms with Gasteiger partial charge in [0.15, 0.2) is 5.25 Å². The van der Waals surface area contributed by atoms with E-state index >= 15 is 0 Å². The molecule has 0 aromatic carbocycles. The van der Waals surface area contributed by atoms with Gasteiger partial charge in [-0.15, -0.1) is 0 Å². The maximum absolute atomic E-state index is 12.1. The van der Waals surface area contributed by atoms with E-state index in [9.17, 15) is 22.6 Å². The third-order valence-electron chi connectivity index (χ3n) is 4.24. The Balaban J connectivity index is 4.55. The van der Waals surface area contributed by atoms with Gasteiger partial charge in [0.05, 0.1) is 19.6 Å². The lowest BCUT2D eigenvalue weighted by atomic mass is 10.0. The maximum atomic E-state index is 12.1. The highest BCUT2D eigenvalue weighted by Gasteiger charge is 2.35. The number of carbonyl (C=O) groups is 2. The van der Waals surface area contributed by atoms with Crippen LogP contribution in [0.1, 0.15) is 78.6 Å². The molecule has 2 unspecified atom stereocenters. The molecule has 2 atom stereocenters. The Hall–Kier alpha value is -1.15. The van der Waals surface area contributed by atoms with E-state index in [1.165, 1.54) is 0 Å². The Morgan fingerprint density at radius 3 is 2.15 bits per heavy atom. The van der Waals surface area contributed by atoms with Gasteiger partial charge in [-0.25, -0.2) is 0 Å². The van der Waals surface area contributed by atoms with Crippen LogP contribution in [0.5, 0.6) is 0 Å². The van der Waals surface area contributed by atoms with Crippen molar-refractivity contribution in [3.63, 3.8) is 0 Å². The fraction of sp³-hybridized carbons (Fsp3) is 0.889. The molecule has 0 saturated heterocycles. The Labute approximate surface area is 157 Å². The predicted octanol–water partition coefficient (Wildman–Crippen LogP) is 3.52. The minimum Gasteiger partial charge on any atom is -0.466 e. The Bertz CT molecular complexity index is 502. The molecule has 0 fully saturated rings. The van der Waals surface area contributed by atoms with Gasteiger partial charge < -0.3 is 9.47 Å². The fourth-order valence-corrected chi connectivity index (χ4v) is 3.08. The highest BCUT2D eigenvalue weighted by molar-refractivity contribution is 7.87. The monoisotopic (exact) mass is 394 g/mol. The van der Waals surface area contributed by atoms with Crippen LogP contribution in [0.2, 0.25) is 0 Å². The summed E-state index contributed by atoms with van der Waals surface area (Å²) in [4.78, 5) is 23.8.